The van der Waals surface area contributed by atoms with Crippen molar-refractivity contribution < 1.29 is 4.79 Å². The molecule has 2 aliphatic rings. The number of imidazole rings is 1. The van der Waals surface area contributed by atoms with Gasteiger partial charge in [-0.1, -0.05) is 54.6 Å². The van der Waals surface area contributed by atoms with Crippen molar-refractivity contribution in [2.24, 2.45) is 0 Å². The van der Waals surface area contributed by atoms with E-state index in [9.17, 15) is 4.79 Å². The number of aromatic nitrogens is 2. The van der Waals surface area contributed by atoms with Gasteiger partial charge in [0.2, 0.25) is 0 Å². The average Bonchev–Trinajstić information content (AvgIpc) is 3.16. The zero-order valence-electron chi connectivity index (χ0n) is 16.7. The zero-order valence-corrected chi connectivity index (χ0v) is 18.2. The summed E-state index contributed by atoms with van der Waals surface area (Å²) in [5, 5.41) is 1.30. The minimum atomic E-state index is 0.0823. The normalized spacial score (nSPS) is 17.3. The summed E-state index contributed by atoms with van der Waals surface area (Å²) in [5.41, 5.74) is 3.30. The van der Waals surface area contributed by atoms with Crippen LogP contribution in [-0.2, 0) is 6.42 Å². The van der Waals surface area contributed by atoms with Gasteiger partial charge in [0.15, 0.2) is 0 Å². The monoisotopic (exact) mass is 439 g/mol. The molecule has 30 heavy (non-hydrogen) atoms. The van der Waals surface area contributed by atoms with Gasteiger partial charge >= 0.3 is 0 Å². The van der Waals surface area contributed by atoms with Gasteiger partial charge in [0.1, 0.15) is 11.5 Å². The molecule has 6 heteroatoms. The van der Waals surface area contributed by atoms with E-state index in [0.717, 1.165) is 48.6 Å². The highest BCUT2D eigenvalue weighted by molar-refractivity contribution is 6.31. The molecular formula is C24H23Cl2N3O. The van der Waals surface area contributed by atoms with E-state index in [4.69, 9.17) is 28.2 Å². The van der Waals surface area contributed by atoms with Gasteiger partial charge in [-0.05, 0) is 49.2 Å². The summed E-state index contributed by atoms with van der Waals surface area (Å²) in [6, 6.07) is 15.5. The minimum absolute atomic E-state index is 0.0823. The van der Waals surface area contributed by atoms with Crippen molar-refractivity contribution in [2.45, 2.75) is 44.6 Å². The van der Waals surface area contributed by atoms with E-state index < -0.39 is 0 Å². The first-order valence-corrected chi connectivity index (χ1v) is 11.3. The molecule has 2 aromatic carbocycles. The van der Waals surface area contributed by atoms with Crippen LogP contribution in [0.4, 0.5) is 0 Å². The topological polar surface area (TPSA) is 38.1 Å². The lowest BCUT2D eigenvalue weighted by atomic mass is 9.92. The standard InChI is InChI=1S/C24H23Cl2N3O/c25-17-9-11-20(12-10-17)29-22-21(27-23(29)16-5-4-6-18(26)15-16)13-14-28(24(22)30)19-7-2-1-3-8-19/h4-6,9-12,15,19H,1-3,7-8,13-14H2. The molecule has 0 bridgehead atoms. The summed E-state index contributed by atoms with van der Waals surface area (Å²) >= 11 is 12.4. The van der Waals surface area contributed by atoms with Crippen molar-refractivity contribution in [2.75, 3.05) is 6.54 Å². The molecule has 3 aromatic rings. The van der Waals surface area contributed by atoms with Crippen molar-refractivity contribution in [1.82, 2.24) is 14.5 Å². The summed E-state index contributed by atoms with van der Waals surface area (Å²) in [5.74, 6) is 0.822. The van der Waals surface area contributed by atoms with E-state index in [1.54, 1.807) is 0 Å². The number of nitrogens with zero attached hydrogens (tertiary/aromatic N) is 3. The molecule has 1 aromatic heterocycles. The number of halogens is 2. The summed E-state index contributed by atoms with van der Waals surface area (Å²) in [6.45, 7) is 0.739. The molecule has 0 radical (unpaired) electrons. The predicted octanol–water partition coefficient (Wildman–Crippen LogP) is 6.18. The van der Waals surface area contributed by atoms with E-state index in [1.165, 1.54) is 19.3 Å². The van der Waals surface area contributed by atoms with Crippen molar-refractivity contribution in [3.8, 4) is 17.1 Å². The van der Waals surface area contributed by atoms with Gasteiger partial charge in [0, 0.05) is 40.3 Å². The molecule has 5 rings (SSSR count). The summed E-state index contributed by atoms with van der Waals surface area (Å²) in [7, 11) is 0. The van der Waals surface area contributed by atoms with E-state index in [1.807, 2.05) is 53.1 Å². The Bertz CT molecular complexity index is 1080. The third-order valence-electron chi connectivity index (χ3n) is 6.19. The SMILES string of the molecule is O=C1c2c(nc(-c3cccc(Cl)c3)n2-c2ccc(Cl)cc2)CCN1C1CCCCC1. The smallest absolute Gasteiger partial charge is 0.273 e. The number of hydrogen-bond donors (Lipinski definition) is 0. The predicted molar refractivity (Wildman–Crippen MR) is 121 cm³/mol. The van der Waals surface area contributed by atoms with Crippen LogP contribution < -0.4 is 0 Å². The van der Waals surface area contributed by atoms with Crippen LogP contribution in [0.25, 0.3) is 17.1 Å². The zero-order chi connectivity index (χ0) is 20.7. The maximum atomic E-state index is 13.7. The Kier molecular flexibility index (Phi) is 5.30. The van der Waals surface area contributed by atoms with Crippen molar-refractivity contribution >= 4 is 29.1 Å². The van der Waals surface area contributed by atoms with E-state index >= 15 is 0 Å². The maximum Gasteiger partial charge on any atom is 0.273 e. The van der Waals surface area contributed by atoms with Crippen LogP contribution in [0, 0.1) is 0 Å². The molecule has 1 amide bonds. The number of carbonyl (C=O) groups is 1. The van der Waals surface area contributed by atoms with Crippen LogP contribution in [0.15, 0.2) is 48.5 Å². The second-order valence-electron chi connectivity index (χ2n) is 8.09. The molecule has 1 aliphatic carbocycles. The highest BCUT2D eigenvalue weighted by Crippen LogP contribution is 2.34. The Hall–Kier alpha value is -2.30. The molecule has 154 valence electrons. The maximum absolute atomic E-state index is 13.7. The number of benzene rings is 2. The lowest BCUT2D eigenvalue weighted by molar-refractivity contribution is 0.0605. The van der Waals surface area contributed by atoms with Crippen LogP contribution in [0.3, 0.4) is 0 Å². The minimum Gasteiger partial charge on any atom is -0.334 e. The number of fused-ring (bicyclic) bond motifs is 1. The van der Waals surface area contributed by atoms with Crippen LogP contribution in [0.5, 0.6) is 0 Å². The molecule has 0 atom stereocenters. The summed E-state index contributed by atoms with van der Waals surface area (Å²) < 4.78 is 1.98. The van der Waals surface area contributed by atoms with Crippen LogP contribution in [0.1, 0.15) is 48.3 Å². The Morgan fingerprint density at radius 2 is 1.70 bits per heavy atom. The number of carbonyl (C=O) groups excluding carboxylic acids is 1. The van der Waals surface area contributed by atoms with E-state index in [-0.39, 0.29) is 5.91 Å². The average molecular weight is 440 g/mol. The van der Waals surface area contributed by atoms with Gasteiger partial charge in [0.05, 0.1) is 5.69 Å². The summed E-state index contributed by atoms with van der Waals surface area (Å²) in [6.07, 6.45) is 6.63. The molecular weight excluding hydrogens is 417 g/mol. The van der Waals surface area contributed by atoms with Crippen molar-refractivity contribution in [3.63, 3.8) is 0 Å². The first-order valence-electron chi connectivity index (χ1n) is 10.6. The molecule has 1 fully saturated rings. The van der Waals surface area contributed by atoms with Crippen LogP contribution in [0.2, 0.25) is 10.0 Å². The second-order valence-corrected chi connectivity index (χ2v) is 8.97. The largest absolute Gasteiger partial charge is 0.334 e. The quantitative estimate of drug-likeness (QED) is 0.488. The fraction of sp³-hybridized carbons (Fsp3) is 0.333. The second kappa shape index (κ2) is 8.09. The first kappa shape index (κ1) is 19.7. The van der Waals surface area contributed by atoms with E-state index in [0.29, 0.717) is 21.8 Å². The molecule has 0 N–H and O–H groups in total. The lowest BCUT2D eigenvalue weighted by Crippen LogP contribution is -2.46. The fourth-order valence-corrected chi connectivity index (χ4v) is 5.04. The Morgan fingerprint density at radius 3 is 2.43 bits per heavy atom. The van der Waals surface area contributed by atoms with Gasteiger partial charge < -0.3 is 4.90 Å². The fourth-order valence-electron chi connectivity index (χ4n) is 4.73. The number of rotatable bonds is 3. The first-order chi connectivity index (χ1) is 14.6. The Labute approximate surface area is 186 Å². The molecule has 1 aliphatic heterocycles. The van der Waals surface area contributed by atoms with Crippen LogP contribution in [-0.4, -0.2) is 32.9 Å². The molecule has 0 unspecified atom stereocenters. The van der Waals surface area contributed by atoms with Gasteiger partial charge in [-0.3, -0.25) is 9.36 Å². The number of amides is 1. The molecule has 2 heterocycles. The Balaban J connectivity index is 1.66. The molecule has 4 nitrogen and oxygen atoms in total. The molecule has 0 saturated heterocycles. The van der Waals surface area contributed by atoms with Gasteiger partial charge in [0.25, 0.3) is 5.91 Å². The number of hydrogen-bond acceptors (Lipinski definition) is 2. The van der Waals surface area contributed by atoms with Gasteiger partial charge in [-0.25, -0.2) is 4.98 Å². The lowest BCUT2D eigenvalue weighted by Gasteiger charge is -2.36. The van der Waals surface area contributed by atoms with Crippen LogP contribution >= 0.6 is 23.2 Å². The van der Waals surface area contributed by atoms with E-state index in [2.05, 4.69) is 4.90 Å². The Morgan fingerprint density at radius 1 is 0.933 bits per heavy atom. The molecule has 0 spiro atoms. The third kappa shape index (κ3) is 3.52. The highest BCUT2D eigenvalue weighted by atomic mass is 35.5. The molecule has 1 saturated carbocycles. The van der Waals surface area contributed by atoms with Gasteiger partial charge in [-0.15, -0.1) is 0 Å². The summed E-state index contributed by atoms with van der Waals surface area (Å²) in [4.78, 5) is 20.7. The third-order valence-corrected chi connectivity index (χ3v) is 6.67. The van der Waals surface area contributed by atoms with Crippen molar-refractivity contribution in [3.05, 3.63) is 70.0 Å². The highest BCUT2D eigenvalue weighted by Gasteiger charge is 2.36. The van der Waals surface area contributed by atoms with Crippen molar-refractivity contribution in [1.29, 1.82) is 0 Å². The van der Waals surface area contributed by atoms with Gasteiger partial charge in [-0.2, -0.15) is 0 Å².